The quantitative estimate of drug-likeness (QED) is 0.790. The molecule has 0 amide bonds. The van der Waals surface area contributed by atoms with E-state index in [0.29, 0.717) is 36.0 Å². The SMILES string of the molecule is CC(C)C(CC(O)N1CCC(=O)C2CCCCC21)C1c2ccccc2NC1C. The number of aliphatic hydroxyl groups is 1. The zero-order chi connectivity index (χ0) is 19.8. The number of fused-ring (bicyclic) bond motifs is 2. The van der Waals surface area contributed by atoms with Gasteiger partial charge in [-0.05, 0) is 49.7 Å². The summed E-state index contributed by atoms with van der Waals surface area (Å²) in [6, 6.07) is 9.26. The van der Waals surface area contributed by atoms with E-state index in [2.05, 4.69) is 55.3 Å². The Morgan fingerprint density at radius 1 is 1.21 bits per heavy atom. The first-order valence-corrected chi connectivity index (χ1v) is 11.3. The highest BCUT2D eigenvalue weighted by molar-refractivity contribution is 5.82. The predicted molar refractivity (Wildman–Crippen MR) is 113 cm³/mol. The number of ketones is 1. The summed E-state index contributed by atoms with van der Waals surface area (Å²) in [5.74, 6) is 1.89. The lowest BCUT2D eigenvalue weighted by Crippen LogP contribution is -2.55. The number of nitrogens with zero attached hydrogens (tertiary/aromatic N) is 1. The number of hydrogen-bond donors (Lipinski definition) is 2. The number of para-hydroxylation sites is 1. The predicted octanol–water partition coefficient (Wildman–Crippen LogP) is 4.40. The fourth-order valence-electron chi connectivity index (χ4n) is 6.18. The number of hydrogen-bond acceptors (Lipinski definition) is 4. The van der Waals surface area contributed by atoms with Crippen molar-refractivity contribution >= 4 is 11.5 Å². The largest absolute Gasteiger partial charge is 0.382 e. The highest BCUT2D eigenvalue weighted by Gasteiger charge is 2.43. The van der Waals surface area contributed by atoms with E-state index >= 15 is 0 Å². The number of carbonyl (C=O) groups excluding carboxylic acids is 1. The molecule has 6 atom stereocenters. The maximum atomic E-state index is 12.4. The molecule has 4 heteroatoms. The second-order valence-corrected chi connectivity index (χ2v) is 9.58. The third kappa shape index (κ3) is 3.61. The van der Waals surface area contributed by atoms with E-state index in [9.17, 15) is 9.90 Å². The first-order valence-electron chi connectivity index (χ1n) is 11.3. The van der Waals surface area contributed by atoms with E-state index in [4.69, 9.17) is 0 Å². The van der Waals surface area contributed by atoms with Gasteiger partial charge in [0.05, 0.1) is 0 Å². The number of piperidine rings is 1. The number of Topliss-reactive ketones (excluding diaryl/α,β-unsaturated/α-hetero) is 1. The van der Waals surface area contributed by atoms with Crippen molar-refractivity contribution in [1.82, 2.24) is 4.90 Å². The van der Waals surface area contributed by atoms with Crippen molar-refractivity contribution in [1.29, 1.82) is 0 Å². The van der Waals surface area contributed by atoms with Crippen LogP contribution in [0.5, 0.6) is 0 Å². The molecular weight excluding hydrogens is 348 g/mol. The van der Waals surface area contributed by atoms with Crippen molar-refractivity contribution in [2.24, 2.45) is 17.8 Å². The van der Waals surface area contributed by atoms with E-state index in [1.807, 2.05) is 0 Å². The molecule has 0 spiro atoms. The highest BCUT2D eigenvalue weighted by atomic mass is 16.3. The molecule has 4 rings (SSSR count). The van der Waals surface area contributed by atoms with Crippen LogP contribution in [-0.4, -0.2) is 40.6 Å². The zero-order valence-corrected chi connectivity index (χ0v) is 17.6. The van der Waals surface area contributed by atoms with Gasteiger partial charge >= 0.3 is 0 Å². The Morgan fingerprint density at radius 3 is 2.75 bits per heavy atom. The van der Waals surface area contributed by atoms with Gasteiger partial charge in [0.1, 0.15) is 12.0 Å². The van der Waals surface area contributed by atoms with E-state index in [0.717, 1.165) is 32.2 Å². The molecule has 1 aromatic rings. The summed E-state index contributed by atoms with van der Waals surface area (Å²) in [4.78, 5) is 14.7. The summed E-state index contributed by atoms with van der Waals surface area (Å²) in [5.41, 5.74) is 2.64. The molecule has 3 aliphatic rings. The molecule has 1 aliphatic carbocycles. The molecular formula is C24H36N2O2. The molecule has 4 nitrogen and oxygen atoms in total. The van der Waals surface area contributed by atoms with Gasteiger partial charge in [0.25, 0.3) is 0 Å². The summed E-state index contributed by atoms with van der Waals surface area (Å²) >= 11 is 0. The van der Waals surface area contributed by atoms with E-state index in [-0.39, 0.29) is 12.0 Å². The van der Waals surface area contributed by atoms with Gasteiger partial charge in [-0.25, -0.2) is 0 Å². The fourth-order valence-corrected chi connectivity index (χ4v) is 6.18. The second-order valence-electron chi connectivity index (χ2n) is 9.58. The van der Waals surface area contributed by atoms with Crippen LogP contribution in [-0.2, 0) is 4.79 Å². The average Bonchev–Trinajstić information content (AvgIpc) is 3.02. The van der Waals surface area contributed by atoms with Gasteiger partial charge in [-0.15, -0.1) is 0 Å². The van der Waals surface area contributed by atoms with Crippen LogP contribution in [0.15, 0.2) is 24.3 Å². The molecule has 2 heterocycles. The number of carbonyl (C=O) groups is 1. The summed E-state index contributed by atoms with van der Waals surface area (Å²) in [7, 11) is 0. The number of likely N-dealkylation sites (tertiary alicyclic amines) is 1. The Bertz CT molecular complexity index is 704. The van der Waals surface area contributed by atoms with Crippen LogP contribution in [0.1, 0.15) is 70.8 Å². The Hall–Kier alpha value is -1.39. The first-order chi connectivity index (χ1) is 13.5. The number of benzene rings is 1. The molecule has 154 valence electrons. The molecule has 0 bridgehead atoms. The zero-order valence-electron chi connectivity index (χ0n) is 17.6. The van der Waals surface area contributed by atoms with Crippen LogP contribution in [0, 0.1) is 17.8 Å². The number of aliphatic hydroxyl groups excluding tert-OH is 1. The molecule has 2 N–H and O–H groups in total. The lowest BCUT2D eigenvalue weighted by atomic mass is 9.74. The van der Waals surface area contributed by atoms with E-state index in [1.54, 1.807) is 0 Å². The minimum Gasteiger partial charge on any atom is -0.382 e. The summed E-state index contributed by atoms with van der Waals surface area (Å²) < 4.78 is 0. The van der Waals surface area contributed by atoms with Gasteiger partial charge in [-0.2, -0.15) is 0 Å². The van der Waals surface area contributed by atoms with Crippen LogP contribution in [0.25, 0.3) is 0 Å². The lowest BCUT2D eigenvalue weighted by molar-refractivity contribution is -0.139. The fraction of sp³-hybridized carbons (Fsp3) is 0.708. The molecule has 2 aliphatic heterocycles. The van der Waals surface area contributed by atoms with Crippen LogP contribution in [0.4, 0.5) is 5.69 Å². The van der Waals surface area contributed by atoms with Crippen LogP contribution >= 0.6 is 0 Å². The molecule has 0 aromatic heterocycles. The van der Waals surface area contributed by atoms with Gasteiger partial charge in [0, 0.05) is 42.6 Å². The Kier molecular flexibility index (Phi) is 5.80. The molecule has 1 aromatic carbocycles. The number of nitrogens with one attached hydrogen (secondary N) is 1. The standard InChI is InChI=1S/C24H36N2O2/c1-15(2)19(24-16(3)25-20-10-6-4-8-17(20)24)14-23(28)26-13-12-22(27)18-9-5-7-11-21(18)26/h4,6,8,10,15-16,18-19,21,23-25,28H,5,7,9,11-14H2,1-3H3. The van der Waals surface area contributed by atoms with Crippen molar-refractivity contribution in [3.05, 3.63) is 29.8 Å². The minimum atomic E-state index is -0.453. The second kappa shape index (κ2) is 8.16. The number of anilines is 1. The molecule has 6 unspecified atom stereocenters. The highest BCUT2D eigenvalue weighted by Crippen LogP contribution is 2.45. The van der Waals surface area contributed by atoms with Crippen LogP contribution in [0.3, 0.4) is 0 Å². The van der Waals surface area contributed by atoms with Gasteiger partial charge < -0.3 is 10.4 Å². The van der Waals surface area contributed by atoms with Gasteiger partial charge in [0.2, 0.25) is 0 Å². The van der Waals surface area contributed by atoms with Crippen molar-refractivity contribution in [2.45, 2.75) is 83.5 Å². The summed E-state index contributed by atoms with van der Waals surface area (Å²) in [5, 5.41) is 15.0. The summed E-state index contributed by atoms with van der Waals surface area (Å²) in [6.45, 7) is 7.56. The van der Waals surface area contributed by atoms with E-state index < -0.39 is 6.23 Å². The maximum absolute atomic E-state index is 12.4. The molecule has 1 saturated heterocycles. The van der Waals surface area contributed by atoms with Crippen molar-refractivity contribution < 1.29 is 9.90 Å². The average molecular weight is 385 g/mol. The normalized spacial score (nSPS) is 32.5. The monoisotopic (exact) mass is 384 g/mol. The van der Waals surface area contributed by atoms with Crippen molar-refractivity contribution in [3.63, 3.8) is 0 Å². The van der Waals surface area contributed by atoms with Crippen LogP contribution in [0.2, 0.25) is 0 Å². The Labute approximate surface area is 169 Å². The topological polar surface area (TPSA) is 52.6 Å². The van der Waals surface area contributed by atoms with Crippen LogP contribution < -0.4 is 5.32 Å². The Balaban J connectivity index is 1.53. The first kappa shape index (κ1) is 19.9. The minimum absolute atomic E-state index is 0.155. The smallest absolute Gasteiger partial charge is 0.138 e. The maximum Gasteiger partial charge on any atom is 0.138 e. The number of rotatable bonds is 5. The third-order valence-electron chi connectivity index (χ3n) is 7.61. The van der Waals surface area contributed by atoms with Crippen molar-refractivity contribution in [2.75, 3.05) is 11.9 Å². The van der Waals surface area contributed by atoms with Gasteiger partial charge in [-0.1, -0.05) is 44.9 Å². The van der Waals surface area contributed by atoms with E-state index in [1.165, 1.54) is 17.7 Å². The Morgan fingerprint density at radius 2 is 1.96 bits per heavy atom. The molecule has 1 saturated carbocycles. The summed E-state index contributed by atoms with van der Waals surface area (Å²) in [6.07, 6.45) is 5.34. The lowest BCUT2D eigenvalue weighted by Gasteiger charge is -2.46. The van der Waals surface area contributed by atoms with Gasteiger partial charge in [-0.3, -0.25) is 9.69 Å². The van der Waals surface area contributed by atoms with Crippen molar-refractivity contribution in [3.8, 4) is 0 Å². The molecule has 28 heavy (non-hydrogen) atoms. The molecule has 0 radical (unpaired) electrons. The van der Waals surface area contributed by atoms with Gasteiger partial charge in [0.15, 0.2) is 0 Å². The third-order valence-corrected chi connectivity index (χ3v) is 7.61. The molecule has 2 fully saturated rings.